The Morgan fingerprint density at radius 1 is 1.00 bits per heavy atom. The molecule has 0 heterocycles. The molecule has 0 rings (SSSR count). The van der Waals surface area contributed by atoms with E-state index in [1.54, 1.807) is 0 Å². The summed E-state index contributed by atoms with van der Waals surface area (Å²) >= 11 is 7.50. The molecule has 0 N–H and O–H groups in total. The molecule has 0 saturated heterocycles. The number of unbranched alkanes of at least 4 members (excludes halogenated alkanes) is 4. The van der Waals surface area contributed by atoms with Gasteiger partial charge < -0.3 is 0 Å². The summed E-state index contributed by atoms with van der Waals surface area (Å²) in [6.07, 6.45) is 7.84. The number of hydrogen-bond donors (Lipinski definition) is 0. The fourth-order valence-electron chi connectivity index (χ4n) is 0.856. The third-order valence-corrected chi connectivity index (χ3v) is 3.08. The van der Waals surface area contributed by atoms with Crippen LogP contribution >= 0.6 is 67.8 Å². The second-order valence-corrected chi connectivity index (χ2v) is 14.3. The summed E-state index contributed by atoms with van der Waals surface area (Å²) in [6.45, 7) is 3.83. The molecule has 0 amide bonds. The Morgan fingerprint density at radius 3 is 1.92 bits per heavy atom. The number of hydrogen-bond acceptors (Lipinski definition) is 0. The van der Waals surface area contributed by atoms with E-state index in [0.717, 1.165) is 6.42 Å². The first kappa shape index (κ1) is 17.4. The molecule has 0 aliphatic heterocycles. The summed E-state index contributed by atoms with van der Waals surface area (Å²) in [5.74, 6) is 0. The van der Waals surface area contributed by atoms with E-state index in [2.05, 4.69) is 74.7 Å². The van der Waals surface area contributed by atoms with Gasteiger partial charge >= 0.3 is 0 Å². The van der Waals surface area contributed by atoms with E-state index in [1.807, 2.05) is 0 Å². The Kier molecular flexibility index (Phi) is 15.2. The van der Waals surface area contributed by atoms with Gasteiger partial charge in [-0.3, -0.25) is 0 Å². The van der Waals surface area contributed by atoms with Gasteiger partial charge in [0.1, 0.15) is -0.565 Å². The van der Waals surface area contributed by atoms with Crippen molar-refractivity contribution >= 4 is 91.7 Å². The SMILES string of the molecule is [CH2]CCCCCCC(I)(I)I.[HH].[HH].[HH].[Sn]. The zero-order valence-corrected chi connectivity index (χ0v) is 16.4. The van der Waals surface area contributed by atoms with Crippen molar-refractivity contribution in [3.63, 3.8) is 0 Å². The average Bonchev–Trinajstić information content (AvgIpc) is 1.85. The fraction of sp³-hybridized carbons (Fsp3) is 0.875. The first-order valence-electron chi connectivity index (χ1n) is 3.92. The van der Waals surface area contributed by atoms with Gasteiger partial charge in [-0.25, -0.2) is 0 Å². The molecule has 0 spiro atoms. The topological polar surface area (TPSA) is 0 Å². The maximum absolute atomic E-state index is 3.83. The van der Waals surface area contributed by atoms with Gasteiger partial charge in [-0.15, -0.1) is 0 Å². The maximum atomic E-state index is 3.83. The van der Waals surface area contributed by atoms with Gasteiger partial charge in [0.15, 0.2) is 0 Å². The van der Waals surface area contributed by atoms with Gasteiger partial charge in [-0.2, -0.15) is 0 Å². The first-order chi connectivity index (χ1) is 5.06. The summed E-state index contributed by atoms with van der Waals surface area (Å²) in [5, 5.41) is 0. The van der Waals surface area contributed by atoms with E-state index < -0.39 is 0 Å². The second-order valence-electron chi connectivity index (χ2n) is 2.63. The summed E-state index contributed by atoms with van der Waals surface area (Å²) in [6, 6.07) is 0. The van der Waals surface area contributed by atoms with Crippen molar-refractivity contribution in [3.8, 4) is 0 Å². The van der Waals surface area contributed by atoms with Crippen molar-refractivity contribution in [2.45, 2.75) is 38.0 Å². The third kappa shape index (κ3) is 15.5. The van der Waals surface area contributed by atoms with E-state index >= 15 is 0 Å². The molecular weight excluding hydrogens is 596 g/mol. The molecule has 0 unspecified atom stereocenters. The van der Waals surface area contributed by atoms with Crippen LogP contribution in [0.5, 0.6) is 0 Å². The zero-order chi connectivity index (χ0) is 8.74. The predicted molar refractivity (Wildman–Crippen MR) is 89.9 cm³/mol. The monoisotopic (exact) mass is 617 g/mol. The molecule has 0 aromatic rings. The van der Waals surface area contributed by atoms with Crippen LogP contribution in [0.15, 0.2) is 0 Å². The van der Waals surface area contributed by atoms with Crippen LogP contribution in [0, 0.1) is 6.92 Å². The van der Waals surface area contributed by atoms with E-state index in [1.165, 1.54) is 32.1 Å². The van der Waals surface area contributed by atoms with Gasteiger partial charge in [0.2, 0.25) is 0 Å². The first-order valence-corrected chi connectivity index (χ1v) is 7.16. The maximum Gasteiger partial charge on any atom is 0.124 e. The van der Waals surface area contributed by atoms with Crippen molar-refractivity contribution in [2.24, 2.45) is 0 Å². The molecule has 0 aliphatic carbocycles. The normalized spacial score (nSPS) is 11.0. The van der Waals surface area contributed by atoms with E-state index in [0.29, 0.717) is -0.565 Å². The molecule has 4 heteroatoms. The summed E-state index contributed by atoms with van der Waals surface area (Å²) in [4.78, 5) is 0. The molecule has 0 aromatic heterocycles. The second kappa shape index (κ2) is 10.5. The van der Waals surface area contributed by atoms with Crippen LogP contribution in [-0.2, 0) is 0 Å². The third-order valence-electron chi connectivity index (χ3n) is 1.46. The van der Waals surface area contributed by atoms with E-state index in [9.17, 15) is 0 Å². The van der Waals surface area contributed by atoms with Crippen LogP contribution in [0.2, 0.25) is 0 Å². The van der Waals surface area contributed by atoms with Gasteiger partial charge in [0.25, 0.3) is 0 Å². The molecule has 0 saturated carbocycles. The van der Waals surface area contributed by atoms with Gasteiger partial charge in [-0.05, 0) is 6.42 Å². The van der Waals surface area contributed by atoms with Gasteiger partial charge in [-0.1, -0.05) is 107 Å². The molecule has 0 aliphatic rings. The number of rotatable bonds is 6. The molecule has 77 valence electrons. The van der Waals surface area contributed by atoms with Crippen LogP contribution in [0.4, 0.5) is 0 Å². The minimum absolute atomic E-state index is 0. The van der Waals surface area contributed by atoms with Crippen LogP contribution in [0.1, 0.15) is 42.8 Å². The summed E-state index contributed by atoms with van der Waals surface area (Å²) < 4.78 is 0.442. The minimum Gasteiger partial charge on any atom is -0.0554 e. The summed E-state index contributed by atoms with van der Waals surface area (Å²) in [7, 11) is 0. The van der Waals surface area contributed by atoms with Crippen molar-refractivity contribution in [1.82, 2.24) is 0 Å². The van der Waals surface area contributed by atoms with E-state index in [-0.39, 0.29) is 28.2 Å². The number of alkyl halides is 3. The van der Waals surface area contributed by atoms with Crippen LogP contribution in [0.25, 0.3) is 0 Å². The van der Waals surface area contributed by atoms with Crippen molar-refractivity contribution in [2.75, 3.05) is 0 Å². The Bertz CT molecular complexity index is 102. The Balaban J connectivity index is -0.0000000833. The smallest absolute Gasteiger partial charge is 0.0554 e. The molecule has 0 atom stereocenters. The largest absolute Gasteiger partial charge is 0.124 e. The van der Waals surface area contributed by atoms with Gasteiger partial charge in [0.05, 0.1) is 0 Å². The Labute approximate surface area is 139 Å². The Hall–Kier alpha value is 2.99. The van der Waals surface area contributed by atoms with Crippen molar-refractivity contribution in [1.29, 1.82) is 0 Å². The molecule has 0 bridgehead atoms. The van der Waals surface area contributed by atoms with Crippen molar-refractivity contribution in [3.05, 3.63) is 6.92 Å². The predicted octanol–water partition coefficient (Wildman–Crippen LogP) is 5.48. The standard InChI is InChI=1S/C8H14I3.Sn.3H2/c1-2-3-4-5-6-7-8(9,10)11;;;;/h1-7H2;;3*1H. The van der Waals surface area contributed by atoms with E-state index in [4.69, 9.17) is 0 Å². The van der Waals surface area contributed by atoms with Crippen LogP contribution in [-0.4, -0.2) is 23.3 Å². The quantitative estimate of drug-likeness (QED) is 0.161. The van der Waals surface area contributed by atoms with Crippen LogP contribution < -0.4 is 0 Å². The molecule has 12 heavy (non-hydrogen) atoms. The number of halogens is 3. The van der Waals surface area contributed by atoms with Gasteiger partial charge in [0, 0.05) is 28.2 Å². The molecular formula is C8H20I3Sn. The van der Waals surface area contributed by atoms with Crippen LogP contribution in [0.3, 0.4) is 0 Å². The average molecular weight is 616 g/mol. The summed E-state index contributed by atoms with van der Waals surface area (Å²) in [5.41, 5.74) is 0. The fourth-order valence-corrected chi connectivity index (χ4v) is 2.00. The van der Waals surface area contributed by atoms with Crippen molar-refractivity contribution < 1.29 is 4.28 Å². The molecule has 0 fully saturated rings. The zero-order valence-electron chi connectivity index (χ0n) is 7.08. The Morgan fingerprint density at radius 2 is 1.50 bits per heavy atom. The molecule has 0 nitrogen and oxygen atoms in total. The molecule has 0 aromatic carbocycles. The molecule has 5 radical (unpaired) electrons. The minimum atomic E-state index is 0.